The van der Waals surface area contributed by atoms with Gasteiger partial charge in [0.05, 0.1) is 0 Å². The molecule has 0 spiro atoms. The normalized spacial score (nSPS) is 24.0. The number of nitrogens with zero attached hydrogens (tertiary/aromatic N) is 1. The molecule has 1 aliphatic heterocycles. The van der Waals surface area contributed by atoms with Crippen molar-refractivity contribution in [1.82, 2.24) is 0 Å². The van der Waals surface area contributed by atoms with Crippen LogP contribution in [0.15, 0.2) is 0 Å². The molecule has 1 nitrogen and oxygen atoms in total. The maximum atomic E-state index is 3.92. The fraction of sp³-hybridized carbons (Fsp3) is 1.00. The zero-order valence-electron chi connectivity index (χ0n) is 2.57. The fourth-order valence-corrected chi connectivity index (χ4v) is 0.158. The zero-order valence-corrected chi connectivity index (χ0v) is 2.57. The topological polar surface area (TPSA) is 14.1 Å². The molecule has 1 heteroatoms. The van der Waals surface area contributed by atoms with E-state index in [1.165, 1.54) is 6.42 Å². The largest absolute Gasteiger partial charge is 0.662 e. The van der Waals surface area contributed by atoms with Crippen LogP contribution in [0, 0.1) is 0 Å². The SMILES string of the molecule is C1C[N-]C1. The Hall–Kier alpha value is -0.0400. The molecule has 1 fully saturated rings. The minimum Gasteiger partial charge on any atom is -0.662 e. The van der Waals surface area contributed by atoms with Gasteiger partial charge < -0.3 is 5.32 Å². The van der Waals surface area contributed by atoms with Crippen LogP contribution in [0.4, 0.5) is 0 Å². The molecule has 0 saturated carbocycles. The first-order valence-electron chi connectivity index (χ1n) is 1.63. The van der Waals surface area contributed by atoms with Gasteiger partial charge in [-0.15, -0.1) is 0 Å². The maximum absolute atomic E-state index is 3.92. The second kappa shape index (κ2) is 0.725. The molecule has 0 bridgehead atoms. The van der Waals surface area contributed by atoms with Gasteiger partial charge in [0.15, 0.2) is 0 Å². The van der Waals surface area contributed by atoms with Crippen molar-refractivity contribution < 1.29 is 0 Å². The standard InChI is InChI=1S/C3H6N/c1-2-4-3-1/h1-3H2/q-1. The summed E-state index contributed by atoms with van der Waals surface area (Å²) in [6, 6.07) is 0. The Labute approximate surface area is 26.0 Å². The van der Waals surface area contributed by atoms with Crippen molar-refractivity contribution in [2.24, 2.45) is 0 Å². The van der Waals surface area contributed by atoms with Gasteiger partial charge >= 0.3 is 0 Å². The van der Waals surface area contributed by atoms with E-state index in [2.05, 4.69) is 5.32 Å². The van der Waals surface area contributed by atoms with Crippen LogP contribution in [0.5, 0.6) is 0 Å². The molecule has 1 rings (SSSR count). The summed E-state index contributed by atoms with van der Waals surface area (Å²) in [5, 5.41) is 3.92. The van der Waals surface area contributed by atoms with Gasteiger partial charge in [-0.3, -0.25) is 0 Å². The van der Waals surface area contributed by atoms with E-state index in [9.17, 15) is 0 Å². The number of rotatable bonds is 0. The fourth-order valence-electron chi connectivity index (χ4n) is 0.158. The first-order valence-corrected chi connectivity index (χ1v) is 1.63. The molecule has 1 saturated heterocycles. The highest BCUT2D eigenvalue weighted by atomic mass is 14.9. The molecular formula is C3H6N-. The molecule has 0 amide bonds. The van der Waals surface area contributed by atoms with Gasteiger partial charge in [-0.1, -0.05) is 6.42 Å². The average Bonchev–Trinajstić information content (AvgIpc) is 0.722. The zero-order chi connectivity index (χ0) is 2.83. The Balaban J connectivity index is 2.00. The first-order chi connectivity index (χ1) is 2.00. The molecule has 0 radical (unpaired) electrons. The third-order valence-electron chi connectivity index (χ3n) is 0.632. The van der Waals surface area contributed by atoms with Crippen molar-refractivity contribution in [3.63, 3.8) is 0 Å². The lowest BCUT2D eigenvalue weighted by Crippen LogP contribution is -2.00. The molecule has 0 aromatic carbocycles. The molecule has 4 heavy (non-hydrogen) atoms. The smallest absolute Gasteiger partial charge is 0.0912 e. The van der Waals surface area contributed by atoms with Gasteiger partial charge in [0.1, 0.15) is 0 Å². The Bertz CT molecular complexity index is 11.2. The van der Waals surface area contributed by atoms with Gasteiger partial charge in [-0.25, -0.2) is 0 Å². The monoisotopic (exact) mass is 56.1 g/mol. The molecule has 0 atom stereocenters. The minimum absolute atomic E-state index is 1.12. The highest BCUT2D eigenvalue weighted by Crippen LogP contribution is 2.02. The van der Waals surface area contributed by atoms with E-state index >= 15 is 0 Å². The van der Waals surface area contributed by atoms with Gasteiger partial charge in [0.2, 0.25) is 0 Å². The molecule has 0 aromatic rings. The predicted molar refractivity (Wildman–Crippen MR) is 17.7 cm³/mol. The summed E-state index contributed by atoms with van der Waals surface area (Å²) in [4.78, 5) is 0. The van der Waals surface area contributed by atoms with Crippen LogP contribution in [0.2, 0.25) is 0 Å². The van der Waals surface area contributed by atoms with Crippen LogP contribution in [0.3, 0.4) is 0 Å². The van der Waals surface area contributed by atoms with Gasteiger partial charge in [-0.2, -0.15) is 13.1 Å². The summed E-state index contributed by atoms with van der Waals surface area (Å²) >= 11 is 0. The van der Waals surface area contributed by atoms with Crippen molar-refractivity contribution in [3.05, 3.63) is 5.32 Å². The Morgan fingerprint density at radius 1 is 1.25 bits per heavy atom. The molecule has 1 aliphatic rings. The average molecular weight is 56.1 g/mol. The lowest BCUT2D eigenvalue weighted by Gasteiger charge is -2.29. The number of hydrogen-bond donors (Lipinski definition) is 0. The van der Waals surface area contributed by atoms with Gasteiger partial charge in [0.25, 0.3) is 0 Å². The van der Waals surface area contributed by atoms with Crippen LogP contribution in [-0.4, -0.2) is 13.1 Å². The quantitative estimate of drug-likeness (QED) is 0.389. The van der Waals surface area contributed by atoms with Gasteiger partial charge in [-0.05, 0) is 0 Å². The minimum atomic E-state index is 1.12. The van der Waals surface area contributed by atoms with Crippen LogP contribution in [0.1, 0.15) is 6.42 Å². The summed E-state index contributed by atoms with van der Waals surface area (Å²) in [5.41, 5.74) is 0. The summed E-state index contributed by atoms with van der Waals surface area (Å²) in [7, 11) is 0. The van der Waals surface area contributed by atoms with E-state index in [1.807, 2.05) is 0 Å². The summed E-state index contributed by atoms with van der Waals surface area (Å²) in [5.74, 6) is 0. The van der Waals surface area contributed by atoms with Crippen molar-refractivity contribution >= 4 is 0 Å². The van der Waals surface area contributed by atoms with E-state index in [1.54, 1.807) is 0 Å². The molecule has 0 unspecified atom stereocenters. The highest BCUT2D eigenvalue weighted by Gasteiger charge is 1.76. The Morgan fingerprint density at radius 2 is 1.50 bits per heavy atom. The Morgan fingerprint density at radius 3 is 1.50 bits per heavy atom. The molecule has 1 heterocycles. The van der Waals surface area contributed by atoms with E-state index < -0.39 is 0 Å². The third kappa shape index (κ3) is 0.115. The van der Waals surface area contributed by atoms with Crippen molar-refractivity contribution in [3.8, 4) is 0 Å². The van der Waals surface area contributed by atoms with Crippen LogP contribution >= 0.6 is 0 Å². The second-order valence-electron chi connectivity index (χ2n) is 1.02. The molecule has 24 valence electrons. The van der Waals surface area contributed by atoms with Crippen molar-refractivity contribution in [1.29, 1.82) is 0 Å². The second-order valence-corrected chi connectivity index (χ2v) is 1.02. The maximum Gasteiger partial charge on any atom is -0.0912 e. The van der Waals surface area contributed by atoms with Gasteiger partial charge in [0, 0.05) is 0 Å². The summed E-state index contributed by atoms with van der Waals surface area (Å²) < 4.78 is 0. The molecular weight excluding hydrogens is 50.0 g/mol. The van der Waals surface area contributed by atoms with Crippen molar-refractivity contribution in [2.75, 3.05) is 13.1 Å². The first kappa shape index (κ1) is 2.21. The third-order valence-corrected chi connectivity index (χ3v) is 0.632. The van der Waals surface area contributed by atoms with E-state index in [0.29, 0.717) is 0 Å². The van der Waals surface area contributed by atoms with Crippen molar-refractivity contribution in [2.45, 2.75) is 6.42 Å². The van der Waals surface area contributed by atoms with E-state index in [-0.39, 0.29) is 0 Å². The Kier molecular flexibility index (Phi) is 0.401. The lowest BCUT2D eigenvalue weighted by atomic mass is 10.3. The van der Waals surface area contributed by atoms with E-state index in [4.69, 9.17) is 0 Å². The molecule has 0 aliphatic carbocycles. The lowest BCUT2D eigenvalue weighted by molar-refractivity contribution is 0.799. The highest BCUT2D eigenvalue weighted by molar-refractivity contribution is 4.89. The van der Waals surface area contributed by atoms with E-state index in [0.717, 1.165) is 13.1 Å². The number of hydrogen-bond acceptors (Lipinski definition) is 0. The molecule has 0 aromatic heterocycles. The summed E-state index contributed by atoms with van der Waals surface area (Å²) in [6.07, 6.45) is 1.33. The molecule has 0 N–H and O–H groups in total. The van der Waals surface area contributed by atoms with Crippen LogP contribution in [-0.2, 0) is 0 Å². The predicted octanol–water partition coefficient (Wildman–Crippen LogP) is 0.764. The van der Waals surface area contributed by atoms with Crippen LogP contribution in [0.25, 0.3) is 5.32 Å². The van der Waals surface area contributed by atoms with Crippen LogP contribution < -0.4 is 0 Å². The summed E-state index contributed by atoms with van der Waals surface area (Å²) in [6.45, 7) is 2.25.